The normalized spacial score (nSPS) is 19.1. The van der Waals surface area contributed by atoms with Gasteiger partial charge in [0.25, 0.3) is 0 Å². The van der Waals surface area contributed by atoms with E-state index >= 15 is 0 Å². The smallest absolute Gasteiger partial charge is 0.408 e. The first-order chi connectivity index (χ1) is 15.3. The van der Waals surface area contributed by atoms with Gasteiger partial charge in [-0.15, -0.1) is 0 Å². The Kier molecular flexibility index (Phi) is 12.6. The number of alkyl carbamates (subject to hydrolysis) is 1. The standard InChI is InChI=1S/C24H47N3O6/c1-16(2)13-20(28)21(29)18(14-17-11-9-8-10-12-17)25-22(30)19(15-27(6)32-7)26-23(31)33-24(3,4)5/h16-21,28-29H,8-15H2,1-7H3,(H,25,30)(H,26,31)/t18-,19?,20-,21+/m0/s1. The second kappa shape index (κ2) is 14.1. The summed E-state index contributed by atoms with van der Waals surface area (Å²) in [6.45, 7) is 9.28. The molecule has 1 fully saturated rings. The fourth-order valence-electron chi connectivity index (χ4n) is 4.22. The minimum Gasteiger partial charge on any atom is -0.444 e. The highest BCUT2D eigenvalue weighted by Crippen LogP contribution is 2.29. The molecule has 1 rings (SSSR count). The van der Waals surface area contributed by atoms with E-state index in [1.54, 1.807) is 27.8 Å². The van der Waals surface area contributed by atoms with Crippen LogP contribution >= 0.6 is 0 Å². The van der Waals surface area contributed by atoms with Gasteiger partial charge in [-0.3, -0.25) is 4.79 Å². The molecule has 2 amide bonds. The number of amides is 2. The molecule has 1 saturated carbocycles. The van der Waals surface area contributed by atoms with E-state index in [2.05, 4.69) is 10.6 Å². The predicted molar refractivity (Wildman–Crippen MR) is 127 cm³/mol. The number of hydrogen-bond acceptors (Lipinski definition) is 7. The zero-order chi connectivity index (χ0) is 25.2. The van der Waals surface area contributed by atoms with Crippen LogP contribution in [-0.4, -0.2) is 77.9 Å². The average molecular weight is 474 g/mol. The Bertz CT molecular complexity index is 589. The molecule has 0 aliphatic heterocycles. The third-order valence-corrected chi connectivity index (χ3v) is 5.92. The summed E-state index contributed by atoms with van der Waals surface area (Å²) in [4.78, 5) is 30.7. The molecular formula is C24H47N3O6. The summed E-state index contributed by atoms with van der Waals surface area (Å²) in [5.74, 6) is 0.128. The Morgan fingerprint density at radius 2 is 1.70 bits per heavy atom. The number of carbonyl (C=O) groups excluding carboxylic acids is 2. The molecule has 0 radical (unpaired) electrons. The Morgan fingerprint density at radius 3 is 2.21 bits per heavy atom. The van der Waals surface area contributed by atoms with E-state index in [0.29, 0.717) is 18.8 Å². The molecule has 0 saturated heterocycles. The Hall–Kier alpha value is -1.42. The van der Waals surface area contributed by atoms with E-state index in [9.17, 15) is 19.8 Å². The maximum absolute atomic E-state index is 13.2. The average Bonchev–Trinajstić information content (AvgIpc) is 2.70. The molecule has 1 aliphatic carbocycles. The summed E-state index contributed by atoms with van der Waals surface area (Å²) < 4.78 is 5.31. The Labute approximate surface area is 199 Å². The minimum absolute atomic E-state index is 0.0857. The van der Waals surface area contributed by atoms with Crippen molar-refractivity contribution < 1.29 is 29.4 Å². The second-order valence-corrected chi connectivity index (χ2v) is 10.7. The summed E-state index contributed by atoms with van der Waals surface area (Å²) in [6, 6.07) is -1.58. The van der Waals surface area contributed by atoms with Gasteiger partial charge in [-0.2, -0.15) is 5.06 Å². The molecule has 0 aromatic rings. The highest BCUT2D eigenvalue weighted by atomic mass is 16.7. The number of hydroxylamine groups is 2. The molecule has 0 bridgehead atoms. The van der Waals surface area contributed by atoms with E-state index in [1.807, 2.05) is 13.8 Å². The number of ether oxygens (including phenoxy) is 1. The number of rotatable bonds is 12. The lowest BCUT2D eigenvalue weighted by atomic mass is 9.82. The zero-order valence-corrected chi connectivity index (χ0v) is 21.6. The molecule has 0 heterocycles. The highest BCUT2D eigenvalue weighted by molar-refractivity contribution is 5.86. The van der Waals surface area contributed by atoms with Gasteiger partial charge in [0, 0.05) is 7.05 Å². The molecule has 9 nitrogen and oxygen atoms in total. The van der Waals surface area contributed by atoms with Gasteiger partial charge in [-0.05, 0) is 45.4 Å². The lowest BCUT2D eigenvalue weighted by Crippen LogP contribution is -2.58. The molecule has 1 unspecified atom stereocenters. The predicted octanol–water partition coefficient (Wildman–Crippen LogP) is 2.60. The third kappa shape index (κ3) is 12.0. The number of aliphatic hydroxyl groups is 2. The van der Waals surface area contributed by atoms with Crippen molar-refractivity contribution in [3.8, 4) is 0 Å². The lowest BCUT2D eigenvalue weighted by Gasteiger charge is -2.34. The summed E-state index contributed by atoms with van der Waals surface area (Å²) in [5.41, 5.74) is -0.709. The molecular weight excluding hydrogens is 426 g/mol. The molecule has 33 heavy (non-hydrogen) atoms. The molecule has 4 N–H and O–H groups in total. The van der Waals surface area contributed by atoms with Gasteiger partial charge in [-0.25, -0.2) is 4.79 Å². The van der Waals surface area contributed by atoms with Gasteiger partial charge in [0.2, 0.25) is 5.91 Å². The van der Waals surface area contributed by atoms with Crippen molar-refractivity contribution in [3.63, 3.8) is 0 Å². The zero-order valence-electron chi connectivity index (χ0n) is 21.6. The molecule has 194 valence electrons. The maximum Gasteiger partial charge on any atom is 0.408 e. The minimum atomic E-state index is -1.10. The van der Waals surface area contributed by atoms with Crippen molar-refractivity contribution in [2.75, 3.05) is 20.7 Å². The van der Waals surface area contributed by atoms with Gasteiger partial charge >= 0.3 is 6.09 Å². The molecule has 0 aromatic heterocycles. The largest absolute Gasteiger partial charge is 0.444 e. The van der Waals surface area contributed by atoms with Crippen molar-refractivity contribution in [3.05, 3.63) is 0 Å². The van der Waals surface area contributed by atoms with Crippen LogP contribution in [0.15, 0.2) is 0 Å². The number of nitrogens with zero attached hydrogens (tertiary/aromatic N) is 1. The van der Waals surface area contributed by atoms with Gasteiger partial charge in [0.15, 0.2) is 0 Å². The lowest BCUT2D eigenvalue weighted by molar-refractivity contribution is -0.136. The fraction of sp³-hybridized carbons (Fsp3) is 0.917. The number of hydrogen-bond donors (Lipinski definition) is 4. The number of nitrogens with one attached hydrogen (secondary N) is 2. The number of carbonyl (C=O) groups is 2. The molecule has 1 aliphatic rings. The summed E-state index contributed by atoms with van der Waals surface area (Å²) in [7, 11) is 3.12. The van der Waals surface area contributed by atoms with Crippen molar-refractivity contribution in [1.29, 1.82) is 0 Å². The molecule has 0 aromatic carbocycles. The van der Waals surface area contributed by atoms with E-state index in [0.717, 1.165) is 25.7 Å². The van der Waals surface area contributed by atoms with Crippen LogP contribution < -0.4 is 10.6 Å². The van der Waals surface area contributed by atoms with E-state index in [1.165, 1.54) is 18.6 Å². The summed E-state index contributed by atoms with van der Waals surface area (Å²) in [6.07, 6.45) is 3.84. The van der Waals surface area contributed by atoms with Crippen LogP contribution in [0.2, 0.25) is 0 Å². The number of likely N-dealkylation sites (N-methyl/N-ethyl adjacent to an activating group) is 1. The maximum atomic E-state index is 13.2. The molecule has 4 atom stereocenters. The second-order valence-electron chi connectivity index (χ2n) is 10.7. The van der Waals surface area contributed by atoms with Crippen LogP contribution in [0.5, 0.6) is 0 Å². The van der Waals surface area contributed by atoms with Crippen LogP contribution in [0.25, 0.3) is 0 Å². The first kappa shape index (κ1) is 29.6. The van der Waals surface area contributed by atoms with Gasteiger partial charge in [0.05, 0.1) is 25.8 Å². The van der Waals surface area contributed by atoms with E-state index in [4.69, 9.17) is 9.57 Å². The van der Waals surface area contributed by atoms with Gasteiger partial charge in [-0.1, -0.05) is 46.0 Å². The van der Waals surface area contributed by atoms with E-state index < -0.39 is 41.9 Å². The summed E-state index contributed by atoms with van der Waals surface area (Å²) >= 11 is 0. The van der Waals surface area contributed by atoms with Crippen molar-refractivity contribution in [1.82, 2.24) is 15.7 Å². The topological polar surface area (TPSA) is 120 Å². The molecule has 9 heteroatoms. The first-order valence-corrected chi connectivity index (χ1v) is 12.2. The summed E-state index contributed by atoms with van der Waals surface area (Å²) in [5, 5.41) is 28.5. The van der Waals surface area contributed by atoms with E-state index in [-0.39, 0.29) is 12.5 Å². The van der Waals surface area contributed by atoms with Crippen molar-refractivity contribution in [2.45, 2.75) is 109 Å². The third-order valence-electron chi connectivity index (χ3n) is 5.92. The highest BCUT2D eigenvalue weighted by Gasteiger charge is 2.34. The monoisotopic (exact) mass is 473 g/mol. The van der Waals surface area contributed by atoms with Crippen LogP contribution in [0.1, 0.15) is 79.6 Å². The fourth-order valence-corrected chi connectivity index (χ4v) is 4.22. The van der Waals surface area contributed by atoms with Gasteiger partial charge in [0.1, 0.15) is 17.7 Å². The van der Waals surface area contributed by atoms with Crippen molar-refractivity contribution in [2.24, 2.45) is 11.8 Å². The van der Waals surface area contributed by atoms with Crippen LogP contribution in [0.4, 0.5) is 4.79 Å². The molecule has 0 spiro atoms. The first-order valence-electron chi connectivity index (χ1n) is 12.2. The van der Waals surface area contributed by atoms with Crippen LogP contribution in [-0.2, 0) is 14.4 Å². The Morgan fingerprint density at radius 1 is 1.09 bits per heavy atom. The SMILES string of the molecule is CON(C)CC(NC(=O)OC(C)(C)C)C(=O)N[C@@H](CC1CCCCC1)[C@@H](O)[C@@H](O)CC(C)C. The number of aliphatic hydroxyl groups excluding tert-OH is 2. The Balaban J connectivity index is 2.98. The van der Waals surface area contributed by atoms with Crippen LogP contribution in [0.3, 0.4) is 0 Å². The van der Waals surface area contributed by atoms with Gasteiger partial charge < -0.3 is 30.4 Å². The quantitative estimate of drug-likeness (QED) is 0.322. The van der Waals surface area contributed by atoms with Crippen LogP contribution in [0, 0.1) is 11.8 Å². The van der Waals surface area contributed by atoms with Crippen molar-refractivity contribution >= 4 is 12.0 Å².